The third-order valence-electron chi connectivity index (χ3n) is 3.35. The highest BCUT2D eigenvalue weighted by Gasteiger charge is 2.12. The molecule has 0 aliphatic heterocycles. The fraction of sp³-hybridized carbons (Fsp3) is 0.250. The number of hydrazine groups is 1. The van der Waals surface area contributed by atoms with Gasteiger partial charge in [0, 0.05) is 10.5 Å². The Morgan fingerprint density at radius 2 is 2.05 bits per heavy atom. The van der Waals surface area contributed by atoms with Gasteiger partial charge in [-0.05, 0) is 48.2 Å². The third kappa shape index (κ3) is 3.60. The van der Waals surface area contributed by atoms with Crippen molar-refractivity contribution in [3.63, 3.8) is 0 Å². The van der Waals surface area contributed by atoms with E-state index in [1.165, 1.54) is 5.56 Å². The average molecular weight is 335 g/mol. The van der Waals surface area contributed by atoms with Gasteiger partial charge in [0.15, 0.2) is 0 Å². The van der Waals surface area contributed by atoms with Crippen molar-refractivity contribution in [2.75, 3.05) is 7.11 Å². The van der Waals surface area contributed by atoms with Crippen molar-refractivity contribution < 1.29 is 4.74 Å². The summed E-state index contributed by atoms with van der Waals surface area (Å²) < 4.78 is 6.37. The Bertz CT molecular complexity index is 586. The van der Waals surface area contributed by atoms with Gasteiger partial charge in [0.25, 0.3) is 0 Å². The molecular formula is C16H19BrN2O. The van der Waals surface area contributed by atoms with E-state index in [0.717, 1.165) is 27.8 Å². The van der Waals surface area contributed by atoms with Crippen LogP contribution in [0.25, 0.3) is 0 Å². The maximum absolute atomic E-state index is 5.72. The molecule has 106 valence electrons. The first-order valence-corrected chi connectivity index (χ1v) is 7.28. The van der Waals surface area contributed by atoms with E-state index in [4.69, 9.17) is 10.6 Å². The summed E-state index contributed by atoms with van der Waals surface area (Å²) in [5.41, 5.74) is 6.40. The molecule has 0 aliphatic carbocycles. The SMILES string of the molecule is COc1ccc(C(Cc2cccc(Br)c2)NN)cc1C. The Kier molecular flexibility index (Phi) is 5.17. The molecule has 0 fully saturated rings. The number of benzene rings is 2. The number of rotatable bonds is 5. The minimum Gasteiger partial charge on any atom is -0.496 e. The molecule has 2 rings (SSSR count). The molecule has 3 nitrogen and oxygen atoms in total. The van der Waals surface area contributed by atoms with Gasteiger partial charge in [-0.25, -0.2) is 0 Å². The molecule has 0 heterocycles. The summed E-state index contributed by atoms with van der Waals surface area (Å²) in [6, 6.07) is 14.5. The van der Waals surface area contributed by atoms with Crippen molar-refractivity contribution in [1.82, 2.24) is 5.43 Å². The highest BCUT2D eigenvalue weighted by Crippen LogP contribution is 2.25. The van der Waals surface area contributed by atoms with Crippen molar-refractivity contribution >= 4 is 15.9 Å². The summed E-state index contributed by atoms with van der Waals surface area (Å²) in [5, 5.41) is 0. The third-order valence-corrected chi connectivity index (χ3v) is 3.84. The van der Waals surface area contributed by atoms with Crippen LogP contribution in [-0.2, 0) is 6.42 Å². The van der Waals surface area contributed by atoms with Crippen LogP contribution in [0, 0.1) is 6.92 Å². The summed E-state index contributed by atoms with van der Waals surface area (Å²) in [6.07, 6.45) is 0.835. The van der Waals surface area contributed by atoms with Gasteiger partial charge in [-0.15, -0.1) is 0 Å². The lowest BCUT2D eigenvalue weighted by molar-refractivity contribution is 0.411. The number of halogens is 1. The van der Waals surface area contributed by atoms with E-state index < -0.39 is 0 Å². The molecule has 0 spiro atoms. The van der Waals surface area contributed by atoms with Gasteiger partial charge >= 0.3 is 0 Å². The molecule has 2 aromatic carbocycles. The fourth-order valence-electron chi connectivity index (χ4n) is 2.29. The monoisotopic (exact) mass is 334 g/mol. The molecule has 3 N–H and O–H groups in total. The molecule has 0 aliphatic rings. The Morgan fingerprint density at radius 1 is 1.25 bits per heavy atom. The number of hydrogen-bond acceptors (Lipinski definition) is 3. The van der Waals surface area contributed by atoms with Gasteiger partial charge in [0.2, 0.25) is 0 Å². The highest BCUT2D eigenvalue weighted by molar-refractivity contribution is 9.10. The van der Waals surface area contributed by atoms with Crippen LogP contribution in [0.4, 0.5) is 0 Å². The Morgan fingerprint density at radius 3 is 2.65 bits per heavy atom. The van der Waals surface area contributed by atoms with E-state index in [0.29, 0.717) is 0 Å². The molecule has 0 saturated heterocycles. The zero-order chi connectivity index (χ0) is 14.5. The number of hydrogen-bond donors (Lipinski definition) is 2. The molecule has 2 aromatic rings. The van der Waals surface area contributed by atoms with Crippen LogP contribution in [-0.4, -0.2) is 7.11 Å². The lowest BCUT2D eigenvalue weighted by Crippen LogP contribution is -2.29. The van der Waals surface area contributed by atoms with Crippen LogP contribution in [0.5, 0.6) is 5.75 Å². The maximum atomic E-state index is 5.72. The van der Waals surface area contributed by atoms with Crippen molar-refractivity contribution in [2.45, 2.75) is 19.4 Å². The van der Waals surface area contributed by atoms with Crippen LogP contribution >= 0.6 is 15.9 Å². The first-order valence-electron chi connectivity index (χ1n) is 6.49. The maximum Gasteiger partial charge on any atom is 0.121 e. The van der Waals surface area contributed by atoms with Gasteiger partial charge in [-0.3, -0.25) is 11.3 Å². The highest BCUT2D eigenvalue weighted by atomic mass is 79.9. The van der Waals surface area contributed by atoms with Crippen LogP contribution < -0.4 is 16.0 Å². The quantitative estimate of drug-likeness (QED) is 0.649. The van der Waals surface area contributed by atoms with E-state index in [-0.39, 0.29) is 6.04 Å². The number of ether oxygens (including phenoxy) is 1. The second-order valence-corrected chi connectivity index (χ2v) is 5.70. The molecule has 0 radical (unpaired) electrons. The predicted molar refractivity (Wildman–Crippen MR) is 85.6 cm³/mol. The molecule has 0 amide bonds. The number of methoxy groups -OCH3 is 1. The lowest BCUT2D eigenvalue weighted by atomic mass is 9.98. The van der Waals surface area contributed by atoms with E-state index in [2.05, 4.69) is 39.6 Å². The minimum absolute atomic E-state index is 0.0777. The normalized spacial score (nSPS) is 12.2. The van der Waals surface area contributed by atoms with Gasteiger partial charge in [0.1, 0.15) is 5.75 Å². The molecule has 1 unspecified atom stereocenters. The fourth-order valence-corrected chi connectivity index (χ4v) is 2.74. The second kappa shape index (κ2) is 6.88. The number of nitrogens with two attached hydrogens (primary N) is 1. The van der Waals surface area contributed by atoms with E-state index in [1.807, 2.05) is 31.2 Å². The largest absolute Gasteiger partial charge is 0.496 e. The van der Waals surface area contributed by atoms with Crippen LogP contribution in [0.1, 0.15) is 22.7 Å². The number of aryl methyl sites for hydroxylation is 1. The molecule has 20 heavy (non-hydrogen) atoms. The van der Waals surface area contributed by atoms with E-state index in [1.54, 1.807) is 7.11 Å². The summed E-state index contributed by atoms with van der Waals surface area (Å²) in [6.45, 7) is 2.04. The van der Waals surface area contributed by atoms with Gasteiger partial charge in [-0.1, -0.05) is 40.2 Å². The van der Waals surface area contributed by atoms with Gasteiger partial charge in [0.05, 0.1) is 7.11 Å². The second-order valence-electron chi connectivity index (χ2n) is 4.78. The Hall–Kier alpha value is -1.36. The van der Waals surface area contributed by atoms with Crippen molar-refractivity contribution in [2.24, 2.45) is 5.84 Å². The zero-order valence-corrected chi connectivity index (χ0v) is 13.3. The lowest BCUT2D eigenvalue weighted by Gasteiger charge is -2.18. The van der Waals surface area contributed by atoms with Crippen molar-refractivity contribution in [1.29, 1.82) is 0 Å². The minimum atomic E-state index is 0.0777. The first kappa shape index (κ1) is 15.0. The molecule has 0 aromatic heterocycles. The van der Waals surface area contributed by atoms with Gasteiger partial charge in [-0.2, -0.15) is 0 Å². The summed E-state index contributed by atoms with van der Waals surface area (Å²) in [4.78, 5) is 0. The summed E-state index contributed by atoms with van der Waals surface area (Å²) in [5.74, 6) is 6.61. The molecular weight excluding hydrogens is 316 g/mol. The molecule has 0 bridgehead atoms. The van der Waals surface area contributed by atoms with Crippen LogP contribution in [0.2, 0.25) is 0 Å². The smallest absolute Gasteiger partial charge is 0.121 e. The van der Waals surface area contributed by atoms with E-state index >= 15 is 0 Å². The number of nitrogens with one attached hydrogen (secondary N) is 1. The van der Waals surface area contributed by atoms with Crippen molar-refractivity contribution in [3.8, 4) is 5.75 Å². The average Bonchev–Trinajstić information content (AvgIpc) is 2.44. The molecule has 4 heteroatoms. The van der Waals surface area contributed by atoms with Crippen molar-refractivity contribution in [3.05, 3.63) is 63.6 Å². The first-order chi connectivity index (χ1) is 9.63. The Labute approximate surface area is 128 Å². The molecule has 0 saturated carbocycles. The Balaban J connectivity index is 2.22. The topological polar surface area (TPSA) is 47.3 Å². The van der Waals surface area contributed by atoms with Crippen LogP contribution in [0.3, 0.4) is 0 Å². The zero-order valence-electron chi connectivity index (χ0n) is 11.7. The van der Waals surface area contributed by atoms with Gasteiger partial charge < -0.3 is 4.74 Å². The standard InChI is InChI=1S/C16H19BrN2O/c1-11-8-13(6-7-16(11)20-2)15(19-18)10-12-4-3-5-14(17)9-12/h3-9,15,19H,10,18H2,1-2H3. The molecule has 1 atom stereocenters. The summed E-state index contributed by atoms with van der Waals surface area (Å²) in [7, 11) is 1.68. The van der Waals surface area contributed by atoms with Crippen LogP contribution in [0.15, 0.2) is 46.9 Å². The predicted octanol–water partition coefficient (Wildman–Crippen LogP) is 3.51. The van der Waals surface area contributed by atoms with E-state index in [9.17, 15) is 0 Å². The summed E-state index contributed by atoms with van der Waals surface area (Å²) >= 11 is 3.49.